The van der Waals surface area contributed by atoms with Gasteiger partial charge in [0, 0.05) is 57.4 Å². The van der Waals surface area contributed by atoms with Crippen LogP contribution in [0, 0.1) is 25.6 Å². The minimum absolute atomic E-state index is 0.00133. The van der Waals surface area contributed by atoms with Crippen LogP contribution in [0.5, 0.6) is 5.75 Å². The molecule has 11 heteroatoms. The van der Waals surface area contributed by atoms with Crippen LogP contribution in [0.25, 0.3) is 22.3 Å². The maximum Gasteiger partial charge on any atom is 0.326 e. The van der Waals surface area contributed by atoms with E-state index in [0.29, 0.717) is 35.5 Å². The van der Waals surface area contributed by atoms with E-state index >= 15 is 4.39 Å². The number of carbonyl (C=O) groups excluding carboxylic acids is 4. The predicted octanol–water partition coefficient (Wildman–Crippen LogP) is 4.23. The molecule has 5 rings (SSSR count). The number of methoxy groups -OCH3 is 1. The Morgan fingerprint density at radius 3 is 2.40 bits per heavy atom. The minimum atomic E-state index is -1.02. The molecule has 3 aromatic carbocycles. The van der Waals surface area contributed by atoms with E-state index in [1.54, 1.807) is 13.1 Å². The molecule has 0 spiro atoms. The smallest absolute Gasteiger partial charge is 0.326 e. The lowest BCUT2D eigenvalue weighted by Crippen LogP contribution is -2.56. The Morgan fingerprint density at radius 1 is 1.02 bits per heavy atom. The van der Waals surface area contributed by atoms with Gasteiger partial charge in [-0.2, -0.15) is 0 Å². The van der Waals surface area contributed by atoms with E-state index in [2.05, 4.69) is 16.0 Å². The van der Waals surface area contributed by atoms with Gasteiger partial charge in [-0.15, -0.1) is 0 Å². The summed E-state index contributed by atoms with van der Waals surface area (Å²) < 4.78 is 21.1. The molecule has 2 aliphatic heterocycles. The normalized spacial score (nSPS) is 18.3. The van der Waals surface area contributed by atoms with Crippen LogP contribution >= 0.6 is 0 Å². The number of halogens is 1. The van der Waals surface area contributed by atoms with Gasteiger partial charge < -0.3 is 25.6 Å². The SMILES string of the molecule is COc1cc(-c2cccc(-c3cccc(NC(=O)C4CN(C)C(=O)N(C)C4=O)c3C)c2C)cc(F)c1CNC[C@H]1CCC(=O)N1. The van der Waals surface area contributed by atoms with Crippen molar-refractivity contribution in [3.8, 4) is 28.0 Å². The summed E-state index contributed by atoms with van der Waals surface area (Å²) in [6.07, 6.45) is 1.27. The van der Waals surface area contributed by atoms with Gasteiger partial charge in [0.1, 0.15) is 17.5 Å². The zero-order chi connectivity index (χ0) is 32.4. The zero-order valence-electron chi connectivity index (χ0n) is 26.1. The number of benzene rings is 3. The molecular weight excluding hydrogens is 577 g/mol. The number of nitrogens with zero attached hydrogens (tertiary/aromatic N) is 2. The van der Waals surface area contributed by atoms with E-state index in [1.807, 2.05) is 50.2 Å². The van der Waals surface area contributed by atoms with Crippen molar-refractivity contribution in [3.05, 3.63) is 71.0 Å². The van der Waals surface area contributed by atoms with Gasteiger partial charge in [-0.1, -0.05) is 30.3 Å². The molecule has 2 heterocycles. The molecule has 2 fully saturated rings. The topological polar surface area (TPSA) is 120 Å². The van der Waals surface area contributed by atoms with Crippen LogP contribution in [0.3, 0.4) is 0 Å². The second-order valence-electron chi connectivity index (χ2n) is 11.6. The third-order valence-electron chi connectivity index (χ3n) is 8.69. The number of anilines is 1. The molecule has 1 unspecified atom stereocenters. The predicted molar refractivity (Wildman–Crippen MR) is 169 cm³/mol. The van der Waals surface area contributed by atoms with E-state index in [0.717, 1.165) is 39.1 Å². The number of hydrogen-bond acceptors (Lipinski definition) is 6. The van der Waals surface area contributed by atoms with Crippen LogP contribution in [0.2, 0.25) is 0 Å². The van der Waals surface area contributed by atoms with Gasteiger partial charge in [-0.25, -0.2) is 9.18 Å². The first-order valence-electron chi connectivity index (χ1n) is 14.9. The molecule has 2 saturated heterocycles. The van der Waals surface area contributed by atoms with Crippen LogP contribution in [-0.2, 0) is 20.9 Å². The van der Waals surface area contributed by atoms with Gasteiger partial charge >= 0.3 is 6.03 Å². The Balaban J connectivity index is 1.38. The van der Waals surface area contributed by atoms with Crippen LogP contribution in [0.4, 0.5) is 14.9 Å². The number of hydrogen-bond donors (Lipinski definition) is 3. The number of urea groups is 1. The third kappa shape index (κ3) is 6.39. The summed E-state index contributed by atoms with van der Waals surface area (Å²) in [6.45, 7) is 4.66. The number of amides is 5. The largest absolute Gasteiger partial charge is 0.496 e. The van der Waals surface area contributed by atoms with E-state index < -0.39 is 29.6 Å². The Hall–Kier alpha value is -4.77. The molecule has 2 atom stereocenters. The molecule has 0 aliphatic carbocycles. The molecule has 3 N–H and O–H groups in total. The summed E-state index contributed by atoms with van der Waals surface area (Å²) in [4.78, 5) is 51.7. The fourth-order valence-corrected chi connectivity index (χ4v) is 6.05. The first kappa shape index (κ1) is 31.6. The number of rotatable bonds is 9. The van der Waals surface area contributed by atoms with Crippen molar-refractivity contribution in [1.82, 2.24) is 20.4 Å². The van der Waals surface area contributed by atoms with Crippen molar-refractivity contribution in [2.45, 2.75) is 39.3 Å². The fraction of sp³-hybridized carbons (Fsp3) is 0.353. The average molecular weight is 616 g/mol. The van der Waals surface area contributed by atoms with Gasteiger partial charge in [-0.05, 0) is 71.8 Å². The molecular formula is C34H38FN5O5. The second kappa shape index (κ2) is 13.1. The van der Waals surface area contributed by atoms with Gasteiger partial charge in [0.25, 0.3) is 0 Å². The van der Waals surface area contributed by atoms with Gasteiger partial charge in [0.15, 0.2) is 0 Å². The van der Waals surface area contributed by atoms with Crippen LogP contribution in [-0.4, -0.2) is 73.9 Å². The van der Waals surface area contributed by atoms with Crippen LogP contribution in [0.1, 0.15) is 29.5 Å². The van der Waals surface area contributed by atoms with Crippen molar-refractivity contribution in [1.29, 1.82) is 0 Å². The van der Waals surface area contributed by atoms with Crippen molar-refractivity contribution >= 4 is 29.4 Å². The lowest BCUT2D eigenvalue weighted by atomic mass is 9.90. The zero-order valence-corrected chi connectivity index (χ0v) is 26.1. The summed E-state index contributed by atoms with van der Waals surface area (Å²) in [5, 5.41) is 9.02. The van der Waals surface area contributed by atoms with E-state index in [9.17, 15) is 19.2 Å². The molecule has 0 bridgehead atoms. The quantitative estimate of drug-likeness (QED) is 0.310. The first-order valence-corrected chi connectivity index (χ1v) is 14.9. The molecule has 10 nitrogen and oxygen atoms in total. The standard InChI is InChI=1S/C34H38FN5O5/c1-19-23(21-14-28(35)26(30(15-21)45-5)17-36-16-22-12-13-31(41)37-22)8-6-9-24(19)25-10-7-11-29(20(25)2)38-32(42)27-18-39(3)34(44)40(4)33(27)43/h6-11,14-15,22,27,36H,12-13,16-18H2,1-5H3,(H,37,41)(H,38,42)/t22-,27?/m1/s1. The van der Waals surface area contributed by atoms with Gasteiger partial charge in [0.2, 0.25) is 17.7 Å². The van der Waals surface area contributed by atoms with E-state index in [1.165, 1.54) is 25.1 Å². The highest BCUT2D eigenvalue weighted by Gasteiger charge is 2.39. The summed E-state index contributed by atoms with van der Waals surface area (Å²) in [6, 6.07) is 14.3. The summed E-state index contributed by atoms with van der Waals surface area (Å²) in [5.74, 6) is -1.98. The Bertz CT molecular complexity index is 1670. The summed E-state index contributed by atoms with van der Waals surface area (Å²) in [7, 11) is 4.44. The number of imide groups is 1. The Morgan fingerprint density at radius 2 is 1.71 bits per heavy atom. The highest BCUT2D eigenvalue weighted by Crippen LogP contribution is 2.38. The second-order valence-corrected chi connectivity index (χ2v) is 11.6. The summed E-state index contributed by atoms with van der Waals surface area (Å²) >= 11 is 0. The van der Waals surface area contributed by atoms with Crippen molar-refractivity contribution in [2.75, 3.05) is 39.6 Å². The van der Waals surface area contributed by atoms with E-state index in [4.69, 9.17) is 4.74 Å². The monoisotopic (exact) mass is 615 g/mol. The lowest BCUT2D eigenvalue weighted by Gasteiger charge is -2.33. The molecule has 3 aromatic rings. The molecule has 5 amide bonds. The Kier molecular flexibility index (Phi) is 9.19. The number of ether oxygens (including phenoxy) is 1. The first-order chi connectivity index (χ1) is 21.5. The summed E-state index contributed by atoms with van der Waals surface area (Å²) in [5.41, 5.74) is 5.96. The van der Waals surface area contributed by atoms with Gasteiger partial charge in [-0.3, -0.25) is 19.3 Å². The number of nitrogens with one attached hydrogen (secondary N) is 3. The maximum atomic E-state index is 15.5. The average Bonchev–Trinajstić information content (AvgIpc) is 3.44. The van der Waals surface area contributed by atoms with Crippen molar-refractivity contribution in [2.24, 2.45) is 5.92 Å². The van der Waals surface area contributed by atoms with Gasteiger partial charge in [0.05, 0.1) is 7.11 Å². The van der Waals surface area contributed by atoms with Crippen molar-refractivity contribution in [3.63, 3.8) is 0 Å². The molecule has 0 aromatic heterocycles. The fourth-order valence-electron chi connectivity index (χ4n) is 6.05. The Labute approximate surface area is 261 Å². The molecule has 0 radical (unpaired) electrons. The number of carbonyl (C=O) groups is 4. The van der Waals surface area contributed by atoms with Crippen molar-refractivity contribution < 1.29 is 28.3 Å². The molecule has 45 heavy (non-hydrogen) atoms. The maximum absolute atomic E-state index is 15.5. The van der Waals surface area contributed by atoms with Crippen LogP contribution < -0.4 is 20.7 Å². The molecule has 2 aliphatic rings. The third-order valence-corrected chi connectivity index (χ3v) is 8.69. The highest BCUT2D eigenvalue weighted by molar-refractivity contribution is 6.12. The lowest BCUT2D eigenvalue weighted by molar-refractivity contribution is -0.140. The van der Waals surface area contributed by atoms with Crippen LogP contribution in [0.15, 0.2) is 48.5 Å². The minimum Gasteiger partial charge on any atom is -0.496 e. The molecule has 0 saturated carbocycles. The van der Waals surface area contributed by atoms with E-state index in [-0.39, 0.29) is 25.0 Å². The highest BCUT2D eigenvalue weighted by atomic mass is 19.1. The molecule has 236 valence electrons.